The molecule has 0 saturated carbocycles. The summed E-state index contributed by atoms with van der Waals surface area (Å²) < 4.78 is 16.5. The molecule has 4 heteroatoms. The predicted octanol–water partition coefficient (Wildman–Crippen LogP) is 4.00. The van der Waals surface area contributed by atoms with Crippen molar-refractivity contribution in [1.29, 1.82) is 0 Å². The summed E-state index contributed by atoms with van der Waals surface area (Å²) in [4.78, 5) is 0. The van der Waals surface area contributed by atoms with Crippen LogP contribution in [0.1, 0.15) is 58.3 Å². The number of aliphatic hydroxyl groups excluding tert-OH is 1. The number of hydrogen-bond acceptors (Lipinski definition) is 3. The molecular weight excluding hydrogens is 223 g/mol. The Morgan fingerprint density at radius 2 is 1.50 bits per heavy atom. The monoisotopic (exact) mass is 250 g/mol. The van der Waals surface area contributed by atoms with Gasteiger partial charge in [-0.2, -0.15) is 0 Å². The van der Waals surface area contributed by atoms with Gasteiger partial charge in [0.2, 0.25) is 7.37 Å². The number of hydrogen-bond donors (Lipinski definition) is 1. The fourth-order valence-corrected chi connectivity index (χ4v) is 2.85. The van der Waals surface area contributed by atoms with Crippen LogP contribution < -0.4 is 0 Å². The first-order valence-corrected chi connectivity index (χ1v) is 8.42. The highest BCUT2D eigenvalue weighted by atomic mass is 31.2. The molecule has 98 valence electrons. The highest BCUT2D eigenvalue weighted by Crippen LogP contribution is 2.45. The van der Waals surface area contributed by atoms with Gasteiger partial charge in [0, 0.05) is 13.3 Å². The van der Waals surface area contributed by atoms with Crippen LogP contribution in [0, 0.1) is 0 Å². The lowest BCUT2D eigenvalue weighted by atomic mass is 10.1. The van der Waals surface area contributed by atoms with Crippen LogP contribution in [0.15, 0.2) is 0 Å². The van der Waals surface area contributed by atoms with Gasteiger partial charge in [-0.1, -0.05) is 51.9 Å². The van der Waals surface area contributed by atoms with Crippen LogP contribution >= 0.6 is 7.37 Å². The van der Waals surface area contributed by atoms with E-state index < -0.39 is 7.37 Å². The van der Waals surface area contributed by atoms with Crippen molar-refractivity contribution in [2.24, 2.45) is 0 Å². The van der Waals surface area contributed by atoms with Gasteiger partial charge in [-0.3, -0.25) is 4.57 Å². The Morgan fingerprint density at radius 3 is 1.94 bits per heavy atom. The summed E-state index contributed by atoms with van der Waals surface area (Å²) in [5.74, 6) is 0. The molecular formula is C12H27O3P. The first-order valence-electron chi connectivity index (χ1n) is 6.43. The van der Waals surface area contributed by atoms with E-state index in [1.165, 1.54) is 45.6 Å². The van der Waals surface area contributed by atoms with Crippen LogP contribution in [-0.2, 0) is 9.09 Å². The lowest BCUT2D eigenvalue weighted by Crippen LogP contribution is -1.97. The lowest BCUT2D eigenvalue weighted by Gasteiger charge is -2.12. The van der Waals surface area contributed by atoms with E-state index in [0.717, 1.165) is 12.8 Å². The Bertz CT molecular complexity index is 187. The molecule has 0 spiro atoms. The molecule has 0 aromatic heterocycles. The molecule has 0 aromatic rings. The number of unbranched alkanes of at least 4 members (excludes halogenated alkanes) is 7. The summed E-state index contributed by atoms with van der Waals surface area (Å²) >= 11 is 0. The maximum absolute atomic E-state index is 11.7. The molecule has 3 nitrogen and oxygen atoms in total. The molecule has 0 rings (SSSR count). The maximum Gasteiger partial charge on any atom is 0.227 e. The van der Waals surface area contributed by atoms with Crippen LogP contribution in [0.4, 0.5) is 0 Å². The van der Waals surface area contributed by atoms with Crippen molar-refractivity contribution < 1.29 is 14.2 Å². The third-order valence-corrected chi connectivity index (χ3v) is 4.99. The van der Waals surface area contributed by atoms with E-state index in [1.54, 1.807) is 0 Å². The lowest BCUT2D eigenvalue weighted by molar-refractivity contribution is 0.309. The quantitative estimate of drug-likeness (QED) is 0.445. The van der Waals surface area contributed by atoms with Crippen LogP contribution in [0.2, 0.25) is 0 Å². The van der Waals surface area contributed by atoms with E-state index in [4.69, 9.17) is 9.63 Å². The maximum atomic E-state index is 11.7. The Balaban J connectivity index is 3.29. The molecule has 0 heterocycles. The van der Waals surface area contributed by atoms with Crippen molar-refractivity contribution in [3.63, 3.8) is 0 Å². The second kappa shape index (κ2) is 10.3. The first kappa shape index (κ1) is 16.1. The topological polar surface area (TPSA) is 46.5 Å². The average Bonchev–Trinajstić information content (AvgIpc) is 2.32. The molecule has 0 bridgehead atoms. The van der Waals surface area contributed by atoms with Gasteiger partial charge in [-0.15, -0.1) is 0 Å². The summed E-state index contributed by atoms with van der Waals surface area (Å²) in [7, 11) is -1.27. The minimum Gasteiger partial charge on any atom is -0.386 e. The zero-order valence-corrected chi connectivity index (χ0v) is 11.7. The molecule has 0 amide bonds. The first-order chi connectivity index (χ1) is 7.68. The van der Waals surface area contributed by atoms with E-state index in [2.05, 4.69) is 6.92 Å². The van der Waals surface area contributed by atoms with Crippen molar-refractivity contribution in [3.8, 4) is 0 Å². The van der Waals surface area contributed by atoms with Crippen molar-refractivity contribution in [3.05, 3.63) is 0 Å². The summed E-state index contributed by atoms with van der Waals surface area (Å²) in [5, 5.41) is 8.90. The van der Waals surface area contributed by atoms with Crippen LogP contribution in [-0.4, -0.2) is 24.7 Å². The molecule has 16 heavy (non-hydrogen) atoms. The van der Waals surface area contributed by atoms with E-state index in [1.807, 2.05) is 0 Å². The fourth-order valence-electron chi connectivity index (χ4n) is 1.71. The third-order valence-electron chi connectivity index (χ3n) is 2.90. The molecule has 1 unspecified atom stereocenters. The van der Waals surface area contributed by atoms with Crippen molar-refractivity contribution in [2.75, 3.05) is 19.6 Å². The minimum atomic E-state index is -2.69. The van der Waals surface area contributed by atoms with Crippen LogP contribution in [0.5, 0.6) is 0 Å². The normalized spacial score (nSPS) is 14.9. The zero-order chi connectivity index (χ0) is 12.3. The molecule has 0 aliphatic heterocycles. The second-order valence-corrected chi connectivity index (χ2v) is 7.06. The molecule has 0 aliphatic rings. The van der Waals surface area contributed by atoms with E-state index in [0.29, 0.717) is 6.16 Å². The van der Waals surface area contributed by atoms with E-state index in [-0.39, 0.29) is 6.35 Å². The van der Waals surface area contributed by atoms with Gasteiger partial charge < -0.3 is 9.63 Å². The average molecular weight is 250 g/mol. The Labute approximate surface area is 100 Å². The summed E-state index contributed by atoms with van der Waals surface area (Å²) in [6.45, 7) is 2.22. The number of aliphatic hydroxyl groups is 1. The smallest absolute Gasteiger partial charge is 0.227 e. The molecule has 0 fully saturated rings. The van der Waals surface area contributed by atoms with Gasteiger partial charge in [0.15, 0.2) is 0 Å². The predicted molar refractivity (Wildman–Crippen MR) is 69.2 cm³/mol. The van der Waals surface area contributed by atoms with Gasteiger partial charge in [0.25, 0.3) is 0 Å². The number of rotatable bonds is 11. The molecule has 1 atom stereocenters. The Kier molecular flexibility index (Phi) is 10.4. The van der Waals surface area contributed by atoms with Crippen molar-refractivity contribution in [1.82, 2.24) is 0 Å². The SMILES string of the molecule is CCCCCCCCCCP(=O)(CO)OC. The van der Waals surface area contributed by atoms with Gasteiger partial charge in [-0.05, 0) is 6.42 Å². The summed E-state index contributed by atoms with van der Waals surface area (Å²) in [5.41, 5.74) is 0. The van der Waals surface area contributed by atoms with E-state index in [9.17, 15) is 4.57 Å². The highest BCUT2D eigenvalue weighted by Gasteiger charge is 2.18. The summed E-state index contributed by atoms with van der Waals surface area (Å²) in [6, 6.07) is 0. The third kappa shape index (κ3) is 8.32. The Hall–Kier alpha value is 0.150. The second-order valence-electron chi connectivity index (χ2n) is 4.34. The van der Waals surface area contributed by atoms with Gasteiger partial charge in [-0.25, -0.2) is 0 Å². The van der Waals surface area contributed by atoms with E-state index >= 15 is 0 Å². The van der Waals surface area contributed by atoms with Gasteiger partial charge in [0.05, 0.1) is 0 Å². The standard InChI is InChI=1S/C12H27O3P/c1-3-4-5-6-7-8-9-10-11-16(14,12-13)15-2/h13H,3-12H2,1-2H3. The van der Waals surface area contributed by atoms with Crippen molar-refractivity contribution >= 4 is 7.37 Å². The van der Waals surface area contributed by atoms with Crippen LogP contribution in [0.3, 0.4) is 0 Å². The minimum absolute atomic E-state index is 0.319. The molecule has 0 aliphatic carbocycles. The van der Waals surface area contributed by atoms with Gasteiger partial charge >= 0.3 is 0 Å². The molecule has 1 N–H and O–H groups in total. The fraction of sp³-hybridized carbons (Fsp3) is 1.00. The molecule has 0 radical (unpaired) electrons. The van der Waals surface area contributed by atoms with Gasteiger partial charge in [0.1, 0.15) is 6.35 Å². The molecule has 0 saturated heterocycles. The Morgan fingerprint density at radius 1 is 1.00 bits per heavy atom. The largest absolute Gasteiger partial charge is 0.386 e. The van der Waals surface area contributed by atoms with Crippen LogP contribution in [0.25, 0.3) is 0 Å². The van der Waals surface area contributed by atoms with Crippen molar-refractivity contribution in [2.45, 2.75) is 58.3 Å². The zero-order valence-electron chi connectivity index (χ0n) is 10.8. The summed E-state index contributed by atoms with van der Waals surface area (Å²) in [6.07, 6.45) is 9.96. The molecule has 0 aromatic carbocycles. The highest BCUT2D eigenvalue weighted by molar-refractivity contribution is 7.58.